The van der Waals surface area contributed by atoms with Gasteiger partial charge in [-0.05, 0) is 19.8 Å². The SMILES string of the molecule is Cc1nc(CN2CCOC3(CCCN(c4cnccn4)C3)C2)cs1. The van der Waals surface area contributed by atoms with Crippen molar-refractivity contribution >= 4 is 17.2 Å². The number of piperidine rings is 1. The van der Waals surface area contributed by atoms with Crippen molar-refractivity contribution in [2.45, 2.75) is 31.9 Å². The normalized spacial score (nSPS) is 25.3. The van der Waals surface area contributed by atoms with E-state index in [2.05, 4.69) is 37.1 Å². The fourth-order valence-electron chi connectivity index (χ4n) is 3.76. The highest BCUT2D eigenvalue weighted by Gasteiger charge is 2.41. The molecular weight excluding hydrogens is 322 g/mol. The molecule has 1 spiro atoms. The maximum absolute atomic E-state index is 6.28. The topological polar surface area (TPSA) is 54.4 Å². The van der Waals surface area contributed by atoms with E-state index in [1.165, 1.54) is 5.69 Å². The number of anilines is 1. The highest BCUT2D eigenvalue weighted by molar-refractivity contribution is 7.09. The largest absolute Gasteiger partial charge is 0.370 e. The number of rotatable bonds is 3. The van der Waals surface area contributed by atoms with E-state index in [1.54, 1.807) is 23.7 Å². The van der Waals surface area contributed by atoms with Gasteiger partial charge in [0.15, 0.2) is 0 Å². The Balaban J connectivity index is 1.45. The van der Waals surface area contributed by atoms with Crippen LogP contribution in [-0.4, -0.2) is 58.2 Å². The zero-order valence-corrected chi connectivity index (χ0v) is 14.8. The van der Waals surface area contributed by atoms with Crippen molar-refractivity contribution < 1.29 is 4.74 Å². The van der Waals surface area contributed by atoms with E-state index in [0.29, 0.717) is 0 Å². The third-order valence-corrected chi connectivity index (χ3v) is 5.62. The molecule has 4 rings (SSSR count). The number of hydrogen-bond donors (Lipinski definition) is 0. The lowest BCUT2D eigenvalue weighted by Gasteiger charge is -2.48. The van der Waals surface area contributed by atoms with Crippen LogP contribution in [0.4, 0.5) is 5.82 Å². The van der Waals surface area contributed by atoms with E-state index in [4.69, 9.17) is 4.74 Å². The van der Waals surface area contributed by atoms with E-state index in [0.717, 1.165) is 63.0 Å². The van der Waals surface area contributed by atoms with Crippen molar-refractivity contribution in [1.29, 1.82) is 0 Å². The Bertz CT molecular complexity index is 675. The molecule has 0 aliphatic carbocycles. The van der Waals surface area contributed by atoms with Gasteiger partial charge in [-0.2, -0.15) is 0 Å². The summed E-state index contributed by atoms with van der Waals surface area (Å²) in [7, 11) is 0. The van der Waals surface area contributed by atoms with Crippen LogP contribution < -0.4 is 4.90 Å². The number of nitrogens with zero attached hydrogens (tertiary/aromatic N) is 5. The second-order valence-electron chi connectivity index (χ2n) is 6.69. The van der Waals surface area contributed by atoms with Crippen molar-refractivity contribution in [3.63, 3.8) is 0 Å². The van der Waals surface area contributed by atoms with Crippen LogP contribution >= 0.6 is 11.3 Å². The summed E-state index contributed by atoms with van der Waals surface area (Å²) in [5, 5.41) is 3.31. The first-order chi connectivity index (χ1) is 11.7. The number of aromatic nitrogens is 3. The highest BCUT2D eigenvalue weighted by atomic mass is 32.1. The van der Waals surface area contributed by atoms with Crippen molar-refractivity contribution in [2.75, 3.05) is 37.7 Å². The summed E-state index contributed by atoms with van der Waals surface area (Å²) in [5.41, 5.74) is 1.08. The zero-order chi connectivity index (χ0) is 16.4. The Hall–Kier alpha value is -1.57. The molecule has 2 aromatic heterocycles. The third kappa shape index (κ3) is 3.43. The molecule has 2 aromatic rings. The van der Waals surface area contributed by atoms with E-state index in [9.17, 15) is 0 Å². The monoisotopic (exact) mass is 345 g/mol. The fraction of sp³-hybridized carbons (Fsp3) is 0.588. The van der Waals surface area contributed by atoms with Gasteiger partial charge >= 0.3 is 0 Å². The quantitative estimate of drug-likeness (QED) is 0.849. The van der Waals surface area contributed by atoms with Gasteiger partial charge in [0, 0.05) is 50.5 Å². The van der Waals surface area contributed by atoms with Crippen LogP contribution in [0.2, 0.25) is 0 Å². The van der Waals surface area contributed by atoms with Gasteiger partial charge in [0.2, 0.25) is 0 Å². The van der Waals surface area contributed by atoms with Gasteiger partial charge < -0.3 is 9.64 Å². The second-order valence-corrected chi connectivity index (χ2v) is 7.75. The minimum absolute atomic E-state index is 0.0981. The standard InChI is InChI=1S/C17H23N5OS/c1-14-20-15(11-24-14)10-21-7-8-23-17(12-21)3-2-6-22(13-17)16-9-18-4-5-19-16/h4-5,9,11H,2-3,6-8,10,12-13H2,1H3. The average molecular weight is 345 g/mol. The maximum Gasteiger partial charge on any atom is 0.147 e. The summed E-state index contributed by atoms with van der Waals surface area (Å²) >= 11 is 1.73. The van der Waals surface area contributed by atoms with Crippen LogP contribution in [0.25, 0.3) is 0 Å². The summed E-state index contributed by atoms with van der Waals surface area (Å²) in [4.78, 5) is 18.1. The summed E-state index contributed by atoms with van der Waals surface area (Å²) in [5.74, 6) is 0.951. The molecule has 0 amide bonds. The zero-order valence-electron chi connectivity index (χ0n) is 14.0. The van der Waals surface area contributed by atoms with Gasteiger partial charge in [-0.3, -0.25) is 9.88 Å². The molecule has 0 N–H and O–H groups in total. The molecule has 128 valence electrons. The Labute approximate surface area is 146 Å². The predicted molar refractivity (Wildman–Crippen MR) is 94.3 cm³/mol. The second kappa shape index (κ2) is 6.74. The van der Waals surface area contributed by atoms with Crippen LogP contribution in [0.3, 0.4) is 0 Å². The van der Waals surface area contributed by atoms with E-state index < -0.39 is 0 Å². The first-order valence-corrected chi connectivity index (χ1v) is 9.39. The number of morpholine rings is 1. The molecule has 2 aliphatic heterocycles. The smallest absolute Gasteiger partial charge is 0.147 e. The number of aryl methyl sites for hydroxylation is 1. The van der Waals surface area contributed by atoms with Crippen LogP contribution in [0.15, 0.2) is 24.0 Å². The van der Waals surface area contributed by atoms with Gasteiger partial charge in [-0.15, -0.1) is 11.3 Å². The van der Waals surface area contributed by atoms with Crippen molar-refractivity contribution in [3.05, 3.63) is 34.7 Å². The van der Waals surface area contributed by atoms with Gasteiger partial charge in [-0.25, -0.2) is 9.97 Å². The lowest BCUT2D eigenvalue weighted by atomic mass is 9.90. The van der Waals surface area contributed by atoms with Crippen LogP contribution in [0.5, 0.6) is 0 Å². The van der Waals surface area contributed by atoms with E-state index >= 15 is 0 Å². The summed E-state index contributed by atoms with van der Waals surface area (Å²) in [6, 6.07) is 0. The lowest BCUT2D eigenvalue weighted by molar-refractivity contribution is -0.116. The van der Waals surface area contributed by atoms with Crippen LogP contribution in [0.1, 0.15) is 23.5 Å². The van der Waals surface area contributed by atoms with Crippen LogP contribution in [-0.2, 0) is 11.3 Å². The average Bonchev–Trinajstić information content (AvgIpc) is 3.01. The predicted octanol–water partition coefficient (Wildman–Crippen LogP) is 2.11. The van der Waals surface area contributed by atoms with Gasteiger partial charge in [0.1, 0.15) is 5.82 Å². The minimum Gasteiger partial charge on any atom is -0.370 e. The Morgan fingerprint density at radius 2 is 2.25 bits per heavy atom. The molecule has 0 saturated carbocycles. The number of hydrogen-bond acceptors (Lipinski definition) is 7. The van der Waals surface area contributed by atoms with Crippen molar-refractivity contribution in [3.8, 4) is 0 Å². The van der Waals surface area contributed by atoms with Gasteiger partial charge in [0.05, 0.1) is 29.1 Å². The van der Waals surface area contributed by atoms with Crippen molar-refractivity contribution in [1.82, 2.24) is 19.9 Å². The Morgan fingerprint density at radius 1 is 1.29 bits per heavy atom. The van der Waals surface area contributed by atoms with E-state index in [1.807, 2.05) is 6.20 Å². The summed E-state index contributed by atoms with van der Waals surface area (Å²) < 4.78 is 6.28. The summed E-state index contributed by atoms with van der Waals surface area (Å²) in [6.07, 6.45) is 7.56. The van der Waals surface area contributed by atoms with Gasteiger partial charge in [0.25, 0.3) is 0 Å². The molecule has 24 heavy (non-hydrogen) atoms. The molecule has 2 saturated heterocycles. The first-order valence-electron chi connectivity index (χ1n) is 8.51. The highest BCUT2D eigenvalue weighted by Crippen LogP contribution is 2.31. The molecule has 0 aromatic carbocycles. The van der Waals surface area contributed by atoms with Gasteiger partial charge in [-0.1, -0.05) is 0 Å². The number of ether oxygens (including phenoxy) is 1. The molecule has 2 fully saturated rings. The molecule has 6 nitrogen and oxygen atoms in total. The molecule has 0 radical (unpaired) electrons. The molecular formula is C17H23N5OS. The molecule has 0 bridgehead atoms. The third-order valence-electron chi connectivity index (χ3n) is 4.79. The first kappa shape index (κ1) is 15.9. The molecule has 4 heterocycles. The summed E-state index contributed by atoms with van der Waals surface area (Å²) in [6.45, 7) is 7.62. The van der Waals surface area contributed by atoms with Crippen molar-refractivity contribution in [2.24, 2.45) is 0 Å². The fourth-order valence-corrected chi connectivity index (χ4v) is 4.37. The minimum atomic E-state index is -0.0981. The maximum atomic E-state index is 6.28. The molecule has 1 atom stereocenters. The number of thiazole rings is 1. The molecule has 2 aliphatic rings. The lowest BCUT2D eigenvalue weighted by Crippen LogP contribution is -2.59. The Morgan fingerprint density at radius 3 is 3.04 bits per heavy atom. The van der Waals surface area contributed by atoms with Crippen LogP contribution in [0, 0.1) is 6.92 Å². The molecule has 7 heteroatoms. The van der Waals surface area contributed by atoms with E-state index in [-0.39, 0.29) is 5.60 Å². The Kier molecular flexibility index (Phi) is 4.47. The molecule has 1 unspecified atom stereocenters.